The van der Waals surface area contributed by atoms with Crippen LogP contribution in [-0.4, -0.2) is 40.2 Å². The largest absolute Gasteiger partial charge is 0.480 e. The summed E-state index contributed by atoms with van der Waals surface area (Å²) in [6.45, 7) is 0.549. The van der Waals surface area contributed by atoms with E-state index in [0.29, 0.717) is 13.0 Å². The average molecular weight is 346 g/mol. The Balaban J connectivity index is 2.08. The summed E-state index contributed by atoms with van der Waals surface area (Å²) in [5.41, 5.74) is 13.2. The molecule has 0 bridgehead atoms. The van der Waals surface area contributed by atoms with Gasteiger partial charge in [0.15, 0.2) is 0 Å². The number of amides is 1. The number of hydrogen-bond acceptors (Lipinski definition) is 4. The Bertz CT molecular complexity index is 741. The van der Waals surface area contributed by atoms with Gasteiger partial charge in [-0.1, -0.05) is 24.6 Å². The van der Waals surface area contributed by atoms with Gasteiger partial charge in [-0.3, -0.25) is 4.79 Å². The zero-order valence-corrected chi connectivity index (χ0v) is 14.4. The number of rotatable bonds is 9. The smallest absolute Gasteiger partial charge is 0.326 e. The molecule has 0 aliphatic carbocycles. The van der Waals surface area contributed by atoms with Gasteiger partial charge >= 0.3 is 5.97 Å². The van der Waals surface area contributed by atoms with Crippen molar-refractivity contribution in [1.82, 2.24) is 9.88 Å². The van der Waals surface area contributed by atoms with Gasteiger partial charge in [-0.05, 0) is 31.0 Å². The van der Waals surface area contributed by atoms with E-state index in [1.165, 1.54) is 0 Å². The van der Waals surface area contributed by atoms with Crippen molar-refractivity contribution in [3.8, 4) is 0 Å². The molecular formula is C18H26N4O3. The lowest BCUT2D eigenvalue weighted by Gasteiger charge is -2.17. The molecule has 1 heterocycles. The van der Waals surface area contributed by atoms with Crippen LogP contribution < -0.4 is 16.8 Å². The number of carboxylic acid groups (broad SMARTS) is 1. The van der Waals surface area contributed by atoms with E-state index in [-0.39, 0.29) is 6.42 Å². The quantitative estimate of drug-likeness (QED) is 0.499. The van der Waals surface area contributed by atoms with Gasteiger partial charge in [0, 0.05) is 30.6 Å². The van der Waals surface area contributed by atoms with Crippen molar-refractivity contribution in [3.05, 3.63) is 36.0 Å². The number of unbranched alkanes of at least 4 members (excludes halogenated alkanes) is 1. The molecule has 0 fully saturated rings. The van der Waals surface area contributed by atoms with Gasteiger partial charge < -0.3 is 26.5 Å². The Morgan fingerprint density at radius 3 is 2.68 bits per heavy atom. The van der Waals surface area contributed by atoms with E-state index < -0.39 is 24.0 Å². The number of carbonyl (C=O) groups excluding carboxylic acids is 1. The summed E-state index contributed by atoms with van der Waals surface area (Å²) in [5, 5.41) is 13.0. The fraction of sp³-hybridized carbons (Fsp3) is 0.444. The second kappa shape index (κ2) is 8.64. The molecule has 7 heteroatoms. The minimum atomic E-state index is -1.07. The van der Waals surface area contributed by atoms with Crippen LogP contribution in [0.2, 0.25) is 0 Å². The third kappa shape index (κ3) is 4.80. The standard InChI is InChI=1S/C18H26N4O3/c1-22-11-12(13-6-2-3-8-16(13)22)10-15(18(24)25)21-17(23)14(20)7-4-5-9-19/h2-3,6,8,11,14-15H,4-5,7,9-10,19-20H2,1H3,(H,21,23)(H,24,25)/t14-,15+/m0/s1. The van der Waals surface area contributed by atoms with Gasteiger partial charge in [0.25, 0.3) is 0 Å². The van der Waals surface area contributed by atoms with Crippen LogP contribution in [0, 0.1) is 0 Å². The topological polar surface area (TPSA) is 123 Å². The van der Waals surface area contributed by atoms with E-state index >= 15 is 0 Å². The molecule has 7 nitrogen and oxygen atoms in total. The number of aromatic nitrogens is 1. The number of carboxylic acids is 1. The summed E-state index contributed by atoms with van der Waals surface area (Å²) in [7, 11) is 1.91. The summed E-state index contributed by atoms with van der Waals surface area (Å²) >= 11 is 0. The van der Waals surface area contributed by atoms with Crippen molar-refractivity contribution >= 4 is 22.8 Å². The Labute approximate surface area is 147 Å². The second-order valence-electron chi connectivity index (χ2n) is 6.28. The SMILES string of the molecule is Cn1cc(C[C@@H](NC(=O)[C@@H](N)CCCCN)C(=O)O)c2ccccc21. The minimum absolute atomic E-state index is 0.206. The molecule has 1 aromatic heterocycles. The fourth-order valence-electron chi connectivity index (χ4n) is 2.93. The molecule has 136 valence electrons. The maximum Gasteiger partial charge on any atom is 0.326 e. The lowest BCUT2D eigenvalue weighted by molar-refractivity contribution is -0.142. The molecule has 0 aliphatic rings. The Morgan fingerprint density at radius 2 is 2.00 bits per heavy atom. The van der Waals surface area contributed by atoms with Crippen molar-refractivity contribution < 1.29 is 14.7 Å². The van der Waals surface area contributed by atoms with E-state index in [9.17, 15) is 14.7 Å². The molecule has 6 N–H and O–H groups in total. The van der Waals surface area contributed by atoms with Gasteiger partial charge in [-0.2, -0.15) is 0 Å². The van der Waals surface area contributed by atoms with Crippen molar-refractivity contribution in [2.45, 2.75) is 37.8 Å². The van der Waals surface area contributed by atoms with Crippen LogP contribution in [0.3, 0.4) is 0 Å². The molecule has 1 aromatic carbocycles. The molecule has 2 rings (SSSR count). The van der Waals surface area contributed by atoms with Gasteiger partial charge in [0.1, 0.15) is 6.04 Å². The molecule has 2 aromatic rings. The third-order valence-corrected chi connectivity index (χ3v) is 4.32. The first-order valence-corrected chi connectivity index (χ1v) is 8.45. The number of aryl methyl sites for hydroxylation is 1. The first kappa shape index (κ1) is 19.0. The van der Waals surface area contributed by atoms with Crippen LogP contribution in [0.4, 0.5) is 0 Å². The molecule has 1 amide bonds. The van der Waals surface area contributed by atoms with Crippen LogP contribution in [0.25, 0.3) is 10.9 Å². The van der Waals surface area contributed by atoms with Gasteiger partial charge in [0.05, 0.1) is 6.04 Å². The van der Waals surface area contributed by atoms with E-state index in [1.807, 2.05) is 42.1 Å². The predicted octanol–water partition coefficient (Wildman–Crippen LogP) is 0.747. The number of aliphatic carboxylic acids is 1. The summed E-state index contributed by atoms with van der Waals surface area (Å²) in [5.74, 6) is -1.51. The van der Waals surface area contributed by atoms with Crippen LogP contribution in [-0.2, 0) is 23.1 Å². The highest BCUT2D eigenvalue weighted by Gasteiger charge is 2.24. The predicted molar refractivity (Wildman–Crippen MR) is 97.1 cm³/mol. The van der Waals surface area contributed by atoms with Crippen molar-refractivity contribution in [3.63, 3.8) is 0 Å². The Hall–Kier alpha value is -2.38. The number of nitrogens with two attached hydrogens (primary N) is 2. The Kier molecular flexibility index (Phi) is 6.55. The number of carbonyl (C=O) groups is 2. The molecular weight excluding hydrogens is 320 g/mol. The van der Waals surface area contributed by atoms with E-state index in [2.05, 4.69) is 5.32 Å². The van der Waals surface area contributed by atoms with Crippen LogP contribution in [0.5, 0.6) is 0 Å². The van der Waals surface area contributed by atoms with Crippen molar-refractivity contribution in [1.29, 1.82) is 0 Å². The molecule has 0 saturated carbocycles. The average Bonchev–Trinajstić information content (AvgIpc) is 2.90. The minimum Gasteiger partial charge on any atom is -0.480 e. The number of nitrogens with one attached hydrogen (secondary N) is 1. The zero-order chi connectivity index (χ0) is 18.4. The normalized spacial score (nSPS) is 13.6. The van der Waals surface area contributed by atoms with E-state index in [4.69, 9.17) is 11.5 Å². The van der Waals surface area contributed by atoms with Crippen LogP contribution in [0.1, 0.15) is 24.8 Å². The van der Waals surface area contributed by atoms with Crippen LogP contribution >= 0.6 is 0 Å². The number of nitrogens with zero attached hydrogens (tertiary/aromatic N) is 1. The number of para-hydroxylation sites is 1. The highest BCUT2D eigenvalue weighted by molar-refractivity contribution is 5.88. The summed E-state index contributed by atoms with van der Waals surface area (Å²) in [6, 6.07) is 6.03. The van der Waals surface area contributed by atoms with Gasteiger partial charge in [-0.25, -0.2) is 4.79 Å². The number of fused-ring (bicyclic) bond motifs is 1. The summed E-state index contributed by atoms with van der Waals surface area (Å²) < 4.78 is 1.95. The first-order chi connectivity index (χ1) is 11.9. The first-order valence-electron chi connectivity index (χ1n) is 8.45. The zero-order valence-electron chi connectivity index (χ0n) is 14.4. The van der Waals surface area contributed by atoms with Crippen LogP contribution in [0.15, 0.2) is 30.5 Å². The molecule has 2 atom stereocenters. The van der Waals surface area contributed by atoms with Crippen molar-refractivity contribution in [2.75, 3.05) is 6.54 Å². The highest BCUT2D eigenvalue weighted by atomic mass is 16.4. The van der Waals surface area contributed by atoms with Gasteiger partial charge in [-0.15, -0.1) is 0 Å². The third-order valence-electron chi connectivity index (χ3n) is 4.32. The molecule has 0 spiro atoms. The van der Waals surface area contributed by atoms with E-state index in [1.54, 1.807) is 0 Å². The highest BCUT2D eigenvalue weighted by Crippen LogP contribution is 2.21. The monoisotopic (exact) mass is 346 g/mol. The molecule has 0 saturated heterocycles. The summed E-state index contributed by atoms with van der Waals surface area (Å²) in [4.78, 5) is 23.8. The molecule has 0 aliphatic heterocycles. The molecule has 25 heavy (non-hydrogen) atoms. The van der Waals surface area contributed by atoms with Gasteiger partial charge in [0.2, 0.25) is 5.91 Å². The maximum absolute atomic E-state index is 12.2. The van der Waals surface area contributed by atoms with Crippen molar-refractivity contribution in [2.24, 2.45) is 18.5 Å². The Morgan fingerprint density at radius 1 is 1.28 bits per heavy atom. The maximum atomic E-state index is 12.2. The van der Waals surface area contributed by atoms with E-state index in [0.717, 1.165) is 29.3 Å². The lowest BCUT2D eigenvalue weighted by atomic mass is 10.0. The second-order valence-corrected chi connectivity index (χ2v) is 6.28. The fourth-order valence-corrected chi connectivity index (χ4v) is 2.93. The number of benzene rings is 1. The molecule has 0 radical (unpaired) electrons. The summed E-state index contributed by atoms with van der Waals surface area (Å²) in [6.07, 6.45) is 4.13. The number of hydrogen-bond donors (Lipinski definition) is 4. The lowest BCUT2D eigenvalue weighted by Crippen LogP contribution is -2.49. The molecule has 0 unspecified atom stereocenters.